The van der Waals surface area contributed by atoms with Crippen molar-refractivity contribution < 1.29 is 61.5 Å². The second-order valence-electron chi connectivity index (χ2n) is 6.15. The van der Waals surface area contributed by atoms with Gasteiger partial charge in [0.05, 0.1) is 17.7 Å². The molecular formula is C16H10F6N2O8S2. The summed E-state index contributed by atoms with van der Waals surface area (Å²) >= 11 is 0. The second-order valence-corrected chi connectivity index (χ2v) is 9.10. The van der Waals surface area contributed by atoms with Crippen molar-refractivity contribution in [2.45, 2.75) is 17.6 Å². The number of alkyl halides is 6. The number of nitrogens with zero attached hydrogens (tertiary/aromatic N) is 2. The lowest BCUT2D eigenvalue weighted by Gasteiger charge is -2.14. The van der Waals surface area contributed by atoms with Crippen LogP contribution in [0.3, 0.4) is 0 Å². The van der Waals surface area contributed by atoms with Crippen molar-refractivity contribution in [3.05, 3.63) is 59.3 Å². The number of rotatable bonds is 4. The molecule has 0 radical (unpaired) electrons. The van der Waals surface area contributed by atoms with Gasteiger partial charge in [0.1, 0.15) is 0 Å². The molecule has 2 aromatic rings. The molecule has 0 spiro atoms. The molecule has 34 heavy (non-hydrogen) atoms. The number of halogens is 6. The predicted molar refractivity (Wildman–Crippen MR) is 98.1 cm³/mol. The molecule has 0 bridgehead atoms. The monoisotopic (exact) mass is 536 g/mol. The fourth-order valence-electron chi connectivity index (χ4n) is 2.28. The van der Waals surface area contributed by atoms with Crippen LogP contribution in [-0.2, 0) is 26.8 Å². The van der Waals surface area contributed by atoms with E-state index in [1.807, 2.05) is 0 Å². The first kappa shape index (κ1) is 27.0. The molecule has 0 fully saturated rings. The number of imide groups is 1. The van der Waals surface area contributed by atoms with Gasteiger partial charge in [-0.25, -0.2) is 4.98 Å². The van der Waals surface area contributed by atoms with Crippen molar-refractivity contribution >= 4 is 32.1 Å². The average Bonchev–Trinajstić information content (AvgIpc) is 2.92. The lowest BCUT2D eigenvalue weighted by molar-refractivity contribution is -0.0512. The summed E-state index contributed by atoms with van der Waals surface area (Å²) in [5.74, 6) is -1.80. The molecule has 0 aliphatic carbocycles. The first-order chi connectivity index (χ1) is 15.3. The minimum atomic E-state index is -5.84. The first-order valence-electron chi connectivity index (χ1n) is 8.30. The van der Waals surface area contributed by atoms with Crippen LogP contribution in [0, 0.1) is 0 Å². The van der Waals surface area contributed by atoms with Crippen molar-refractivity contribution in [1.29, 1.82) is 0 Å². The Morgan fingerprint density at radius 3 is 1.68 bits per heavy atom. The maximum atomic E-state index is 12.3. The highest BCUT2D eigenvalue weighted by Crippen LogP contribution is 2.27. The number of aromatic nitrogens is 1. The van der Waals surface area contributed by atoms with Crippen molar-refractivity contribution in [1.82, 2.24) is 9.88 Å². The van der Waals surface area contributed by atoms with Crippen LogP contribution in [0.1, 0.15) is 26.3 Å². The smallest absolute Gasteiger partial charge is 0.355 e. The Morgan fingerprint density at radius 2 is 1.32 bits per heavy atom. The van der Waals surface area contributed by atoms with Gasteiger partial charge in [-0.2, -0.15) is 43.2 Å². The van der Waals surface area contributed by atoms with E-state index in [-0.39, 0.29) is 17.7 Å². The zero-order chi connectivity index (χ0) is 26.1. The minimum Gasteiger partial charge on any atom is -0.355 e. The van der Waals surface area contributed by atoms with E-state index in [1.165, 1.54) is 18.2 Å². The zero-order valence-corrected chi connectivity index (χ0v) is 17.7. The van der Waals surface area contributed by atoms with Crippen LogP contribution < -0.4 is 4.18 Å². The fraction of sp³-hybridized carbons (Fsp3) is 0.188. The molecule has 1 aliphatic heterocycles. The molecule has 186 valence electrons. The molecule has 1 aromatic heterocycles. The zero-order valence-electron chi connectivity index (χ0n) is 16.0. The van der Waals surface area contributed by atoms with E-state index in [0.717, 1.165) is 17.2 Å². The Balaban J connectivity index is 0.000000440. The lowest BCUT2D eigenvalue weighted by atomic mass is 10.1. The third-order valence-corrected chi connectivity index (χ3v) is 5.33. The van der Waals surface area contributed by atoms with Gasteiger partial charge in [-0.1, -0.05) is 18.2 Å². The number of amides is 2. The topological polar surface area (TPSA) is 148 Å². The average molecular weight is 536 g/mol. The maximum absolute atomic E-state index is 12.3. The van der Waals surface area contributed by atoms with E-state index in [9.17, 15) is 44.3 Å². The van der Waals surface area contributed by atoms with Gasteiger partial charge in [-0.3, -0.25) is 19.0 Å². The highest BCUT2D eigenvalue weighted by atomic mass is 32.2. The summed E-state index contributed by atoms with van der Waals surface area (Å²) in [4.78, 5) is 28.9. The van der Waals surface area contributed by atoms with Gasteiger partial charge >= 0.3 is 31.3 Å². The van der Waals surface area contributed by atoms with Crippen LogP contribution in [0.4, 0.5) is 26.3 Å². The van der Waals surface area contributed by atoms with Crippen LogP contribution in [0.2, 0.25) is 0 Å². The van der Waals surface area contributed by atoms with Crippen LogP contribution in [0.5, 0.6) is 5.88 Å². The molecule has 0 atom stereocenters. The second kappa shape index (κ2) is 9.18. The van der Waals surface area contributed by atoms with Crippen molar-refractivity contribution in [3.8, 4) is 5.88 Å². The third-order valence-electron chi connectivity index (χ3n) is 3.79. The first-order valence-corrected chi connectivity index (χ1v) is 11.1. The number of carbonyl (C=O) groups excluding carboxylic acids is 2. The van der Waals surface area contributed by atoms with Crippen LogP contribution in [0.15, 0.2) is 42.6 Å². The number of fused-ring (bicyclic) bond motifs is 1. The van der Waals surface area contributed by atoms with Gasteiger partial charge in [0.15, 0.2) is 0 Å². The molecule has 10 nitrogen and oxygen atoms in total. The van der Waals surface area contributed by atoms with E-state index >= 15 is 0 Å². The lowest BCUT2D eigenvalue weighted by Crippen LogP contribution is -2.29. The van der Waals surface area contributed by atoms with Crippen LogP contribution >= 0.6 is 0 Å². The van der Waals surface area contributed by atoms with Gasteiger partial charge in [-0.05, 0) is 17.7 Å². The number of benzene rings is 1. The Bertz CT molecular complexity index is 1270. The predicted octanol–water partition coefficient (Wildman–Crippen LogP) is 2.50. The SMILES string of the molecule is O=C1c2ccccc2C(=O)N1Cc1ccc(OS(=O)(=O)C(F)(F)F)nc1.O=S(=O)(O)C(F)(F)F. The maximum Gasteiger partial charge on any atom is 0.534 e. The van der Waals surface area contributed by atoms with Crippen molar-refractivity contribution in [2.75, 3.05) is 0 Å². The largest absolute Gasteiger partial charge is 0.534 e. The van der Waals surface area contributed by atoms with Crippen LogP contribution in [0.25, 0.3) is 0 Å². The molecule has 1 aliphatic rings. The molecule has 1 N–H and O–H groups in total. The molecule has 0 saturated carbocycles. The molecule has 3 rings (SSSR count). The molecule has 2 amide bonds. The van der Waals surface area contributed by atoms with E-state index < -0.39 is 48.9 Å². The van der Waals surface area contributed by atoms with Crippen molar-refractivity contribution in [2.24, 2.45) is 0 Å². The van der Waals surface area contributed by atoms with E-state index in [4.69, 9.17) is 13.0 Å². The Kier molecular flexibility index (Phi) is 7.29. The van der Waals surface area contributed by atoms with E-state index in [0.29, 0.717) is 5.56 Å². The Labute approximate surface area is 186 Å². The summed E-state index contributed by atoms with van der Waals surface area (Å²) in [7, 11) is -11.7. The normalized spacial score (nSPS) is 14.4. The van der Waals surface area contributed by atoms with E-state index in [2.05, 4.69) is 9.17 Å². The number of hydrogen-bond donors (Lipinski definition) is 1. The molecule has 18 heteroatoms. The summed E-state index contributed by atoms with van der Waals surface area (Å²) in [5, 5.41) is 0. The standard InChI is InChI=1S/C15H9F3N2O5S.CHF3O3S/c16-15(17,18)26(23,24)25-12-6-5-9(7-19-12)8-20-13(21)10-3-1-2-4-11(10)14(20)22;2-1(3,4)8(5,6)7/h1-7H,8H2;(H,5,6,7). The quantitative estimate of drug-likeness (QED) is 0.205. The molecule has 0 unspecified atom stereocenters. The third kappa shape index (κ3) is 6.00. The Morgan fingerprint density at radius 1 is 0.853 bits per heavy atom. The van der Waals surface area contributed by atoms with Gasteiger partial charge in [0.25, 0.3) is 11.8 Å². The summed E-state index contributed by atoms with van der Waals surface area (Å²) in [6.45, 7) is -0.175. The number of carbonyl (C=O) groups is 2. The highest BCUT2D eigenvalue weighted by Gasteiger charge is 2.49. The molecular weight excluding hydrogens is 526 g/mol. The minimum absolute atomic E-state index is 0.175. The van der Waals surface area contributed by atoms with Gasteiger partial charge in [0.2, 0.25) is 5.88 Å². The highest BCUT2D eigenvalue weighted by molar-refractivity contribution is 7.88. The summed E-state index contributed by atoms with van der Waals surface area (Å²) in [5.41, 5.74) is -10.3. The van der Waals surface area contributed by atoms with Gasteiger partial charge in [-0.15, -0.1) is 0 Å². The number of hydrogen-bond acceptors (Lipinski definition) is 8. The fourth-order valence-corrected chi connectivity index (χ4v) is 2.70. The van der Waals surface area contributed by atoms with Crippen LogP contribution in [-0.4, -0.2) is 54.1 Å². The summed E-state index contributed by atoms with van der Waals surface area (Å²) in [6, 6.07) is 8.35. The molecule has 0 saturated heterocycles. The number of pyridine rings is 1. The van der Waals surface area contributed by atoms with Gasteiger partial charge < -0.3 is 4.18 Å². The van der Waals surface area contributed by atoms with Crippen molar-refractivity contribution in [3.63, 3.8) is 0 Å². The summed E-state index contributed by atoms with van der Waals surface area (Å²) in [6.07, 6.45) is 1.02. The summed E-state index contributed by atoms with van der Waals surface area (Å²) < 4.78 is 120. The van der Waals surface area contributed by atoms with E-state index in [1.54, 1.807) is 12.1 Å². The Hall–Kier alpha value is -3.25. The molecule has 2 heterocycles. The van der Waals surface area contributed by atoms with Gasteiger partial charge in [0, 0.05) is 12.3 Å². The molecule has 1 aromatic carbocycles.